The summed E-state index contributed by atoms with van der Waals surface area (Å²) in [5, 5.41) is 14.6. The van der Waals surface area contributed by atoms with Crippen molar-refractivity contribution in [2.24, 2.45) is 0 Å². The topological polar surface area (TPSA) is 70.6 Å². The number of aliphatic hydroxyl groups is 1. The fraction of sp³-hybridized carbons (Fsp3) is 0.417. The Bertz CT molecular complexity index is 457. The second-order valence-electron chi connectivity index (χ2n) is 3.88. The average Bonchev–Trinajstić information content (AvgIpc) is 2.33. The van der Waals surface area contributed by atoms with Gasteiger partial charge in [-0.05, 0) is 41.9 Å². The number of carbonyl (C=O) groups excluding carboxylic acids is 1. The van der Waals surface area contributed by atoms with E-state index in [0.717, 1.165) is 0 Å². The highest BCUT2D eigenvalue weighted by Gasteiger charge is 2.13. The van der Waals surface area contributed by atoms with Gasteiger partial charge in [0.2, 0.25) is 0 Å². The fourth-order valence-electron chi connectivity index (χ4n) is 1.37. The number of hydrogen-bond donors (Lipinski definition) is 3. The molecule has 0 heterocycles. The predicted molar refractivity (Wildman–Crippen MR) is 79.0 cm³/mol. The van der Waals surface area contributed by atoms with Crippen molar-refractivity contribution >= 4 is 39.2 Å². The van der Waals surface area contributed by atoms with Gasteiger partial charge in [-0.2, -0.15) is 0 Å². The first-order chi connectivity index (χ1) is 8.97. The molecule has 7 heteroatoms. The molecule has 106 valence electrons. The van der Waals surface area contributed by atoms with Gasteiger partial charge in [-0.1, -0.05) is 11.6 Å². The lowest BCUT2D eigenvalue weighted by Gasteiger charge is -2.16. The summed E-state index contributed by atoms with van der Waals surface area (Å²) in [5.41, 5.74) is 0.462. The van der Waals surface area contributed by atoms with Gasteiger partial charge in [0.05, 0.1) is 29.4 Å². The van der Waals surface area contributed by atoms with Crippen LogP contribution in [0.1, 0.15) is 13.8 Å². The van der Waals surface area contributed by atoms with Crippen LogP contribution in [0.25, 0.3) is 0 Å². The third-order valence-corrected chi connectivity index (χ3v) is 3.00. The molecular weight excluding hydrogens is 336 g/mol. The van der Waals surface area contributed by atoms with Crippen LogP contribution in [-0.2, 0) is 0 Å². The molecule has 0 bridgehead atoms. The Labute approximate surface area is 125 Å². The highest BCUT2D eigenvalue weighted by molar-refractivity contribution is 9.10. The maximum atomic E-state index is 11.7. The molecule has 1 aromatic rings. The van der Waals surface area contributed by atoms with E-state index in [1.807, 2.05) is 6.92 Å². The molecule has 5 nitrogen and oxygen atoms in total. The largest absolute Gasteiger partial charge is 0.491 e. The summed E-state index contributed by atoms with van der Waals surface area (Å²) < 4.78 is 6.12. The number of nitrogens with one attached hydrogen (secondary N) is 2. The van der Waals surface area contributed by atoms with E-state index in [1.54, 1.807) is 19.1 Å². The molecule has 19 heavy (non-hydrogen) atoms. The van der Waals surface area contributed by atoms with E-state index < -0.39 is 6.03 Å². The molecule has 0 saturated carbocycles. The number of carbonyl (C=O) groups is 1. The SMILES string of the molecule is CCOc1c(Br)cc(Cl)cc1NC(=O)N[C@@H](C)CO. The van der Waals surface area contributed by atoms with E-state index >= 15 is 0 Å². The quantitative estimate of drug-likeness (QED) is 0.764. The molecule has 0 aromatic heterocycles. The molecule has 0 aliphatic rings. The number of urea groups is 1. The summed E-state index contributed by atoms with van der Waals surface area (Å²) >= 11 is 9.27. The predicted octanol–water partition coefficient (Wildman–Crippen LogP) is 3.00. The smallest absolute Gasteiger partial charge is 0.319 e. The van der Waals surface area contributed by atoms with Crippen molar-refractivity contribution in [3.05, 3.63) is 21.6 Å². The van der Waals surface area contributed by atoms with Crippen molar-refractivity contribution in [1.29, 1.82) is 0 Å². The van der Waals surface area contributed by atoms with Crippen LogP contribution in [-0.4, -0.2) is 30.4 Å². The first-order valence-electron chi connectivity index (χ1n) is 5.78. The van der Waals surface area contributed by atoms with Gasteiger partial charge in [0.1, 0.15) is 0 Å². The number of anilines is 1. The summed E-state index contributed by atoms with van der Waals surface area (Å²) in [6.07, 6.45) is 0. The Hall–Kier alpha value is -0.980. The number of rotatable bonds is 5. The van der Waals surface area contributed by atoms with Crippen molar-refractivity contribution < 1.29 is 14.6 Å². The third-order valence-electron chi connectivity index (χ3n) is 2.20. The number of hydrogen-bond acceptors (Lipinski definition) is 3. The van der Waals surface area contributed by atoms with Crippen LogP contribution in [0.15, 0.2) is 16.6 Å². The third kappa shape index (κ3) is 4.89. The van der Waals surface area contributed by atoms with Crippen LogP contribution >= 0.6 is 27.5 Å². The summed E-state index contributed by atoms with van der Waals surface area (Å²) in [4.78, 5) is 11.7. The van der Waals surface area contributed by atoms with Gasteiger partial charge >= 0.3 is 6.03 Å². The first-order valence-corrected chi connectivity index (χ1v) is 6.95. The first kappa shape index (κ1) is 16.1. The van der Waals surface area contributed by atoms with Crippen LogP contribution in [0.5, 0.6) is 5.75 Å². The van der Waals surface area contributed by atoms with Crippen molar-refractivity contribution in [3.8, 4) is 5.75 Å². The minimum absolute atomic E-state index is 0.134. The van der Waals surface area contributed by atoms with Gasteiger partial charge < -0.3 is 20.5 Å². The Morgan fingerprint density at radius 3 is 2.84 bits per heavy atom. The van der Waals surface area contributed by atoms with Gasteiger partial charge in [0.25, 0.3) is 0 Å². The molecule has 0 radical (unpaired) electrons. The number of ether oxygens (including phenoxy) is 1. The highest BCUT2D eigenvalue weighted by Crippen LogP contribution is 2.36. The minimum Gasteiger partial charge on any atom is -0.491 e. The van der Waals surface area contributed by atoms with Gasteiger partial charge in [0, 0.05) is 5.02 Å². The molecule has 3 N–H and O–H groups in total. The lowest BCUT2D eigenvalue weighted by atomic mass is 10.3. The van der Waals surface area contributed by atoms with Crippen LogP contribution in [0.3, 0.4) is 0 Å². The number of benzene rings is 1. The number of halogens is 2. The molecule has 0 aliphatic carbocycles. The molecule has 1 atom stereocenters. The van der Waals surface area contributed by atoms with E-state index in [1.165, 1.54) is 0 Å². The van der Waals surface area contributed by atoms with Crippen LogP contribution in [0.4, 0.5) is 10.5 Å². The molecule has 0 unspecified atom stereocenters. The normalized spacial score (nSPS) is 11.8. The zero-order valence-corrected chi connectivity index (χ0v) is 13.0. The van der Waals surface area contributed by atoms with Gasteiger partial charge in [-0.15, -0.1) is 0 Å². The molecule has 0 spiro atoms. The molecule has 2 amide bonds. The second-order valence-corrected chi connectivity index (χ2v) is 5.17. The Balaban J connectivity index is 2.89. The summed E-state index contributed by atoms with van der Waals surface area (Å²) in [6, 6.07) is 2.52. The van der Waals surface area contributed by atoms with Crippen molar-refractivity contribution in [2.75, 3.05) is 18.5 Å². The van der Waals surface area contributed by atoms with Crippen molar-refractivity contribution in [1.82, 2.24) is 5.32 Å². The maximum absolute atomic E-state index is 11.7. The summed E-state index contributed by atoms with van der Waals surface area (Å²) in [7, 11) is 0. The fourth-order valence-corrected chi connectivity index (χ4v) is 2.30. The minimum atomic E-state index is -0.434. The highest BCUT2D eigenvalue weighted by atomic mass is 79.9. The summed E-state index contributed by atoms with van der Waals surface area (Å²) in [5.74, 6) is 0.513. The second kappa shape index (κ2) is 7.57. The van der Waals surface area contributed by atoms with Gasteiger partial charge in [-0.3, -0.25) is 0 Å². The van der Waals surface area contributed by atoms with Crippen LogP contribution in [0, 0.1) is 0 Å². The van der Waals surface area contributed by atoms with Crippen LogP contribution < -0.4 is 15.4 Å². The number of amides is 2. The maximum Gasteiger partial charge on any atom is 0.319 e. The monoisotopic (exact) mass is 350 g/mol. The molecule has 0 saturated heterocycles. The van der Waals surface area contributed by atoms with Crippen molar-refractivity contribution in [2.45, 2.75) is 19.9 Å². The van der Waals surface area contributed by atoms with E-state index in [-0.39, 0.29) is 12.6 Å². The van der Waals surface area contributed by atoms with Crippen LogP contribution in [0.2, 0.25) is 5.02 Å². The molecule has 0 fully saturated rings. The lowest BCUT2D eigenvalue weighted by molar-refractivity contribution is 0.229. The van der Waals surface area contributed by atoms with E-state index in [4.69, 9.17) is 21.4 Å². The van der Waals surface area contributed by atoms with E-state index in [0.29, 0.717) is 27.5 Å². The van der Waals surface area contributed by atoms with E-state index in [2.05, 4.69) is 26.6 Å². The molecule has 1 rings (SSSR count). The zero-order valence-electron chi connectivity index (χ0n) is 10.7. The van der Waals surface area contributed by atoms with Gasteiger partial charge in [0.15, 0.2) is 5.75 Å². The Kier molecular flexibility index (Phi) is 6.41. The lowest BCUT2D eigenvalue weighted by Crippen LogP contribution is -2.38. The Morgan fingerprint density at radius 2 is 2.26 bits per heavy atom. The summed E-state index contributed by atoms with van der Waals surface area (Å²) in [6.45, 7) is 3.87. The molecule has 1 aromatic carbocycles. The standard InChI is InChI=1S/C12H16BrClN2O3/c1-3-19-11-9(13)4-8(14)5-10(11)16-12(18)15-7(2)6-17/h4-5,7,17H,3,6H2,1-2H3,(H2,15,16,18)/t7-/m0/s1. The van der Waals surface area contributed by atoms with Gasteiger partial charge in [-0.25, -0.2) is 4.79 Å². The molecule has 0 aliphatic heterocycles. The average molecular weight is 352 g/mol. The van der Waals surface area contributed by atoms with Crippen molar-refractivity contribution in [3.63, 3.8) is 0 Å². The molecular formula is C12H16BrClN2O3. The number of aliphatic hydroxyl groups excluding tert-OH is 1. The van der Waals surface area contributed by atoms with E-state index in [9.17, 15) is 4.79 Å². The zero-order chi connectivity index (χ0) is 14.4. The Morgan fingerprint density at radius 1 is 1.58 bits per heavy atom.